The van der Waals surface area contributed by atoms with E-state index in [4.69, 9.17) is 10.8 Å². The van der Waals surface area contributed by atoms with Crippen molar-refractivity contribution in [1.82, 2.24) is 4.57 Å². The number of hydrogen-bond acceptors (Lipinski definition) is 3. The van der Waals surface area contributed by atoms with Crippen molar-refractivity contribution in [3.63, 3.8) is 0 Å². The highest BCUT2D eigenvalue weighted by Gasteiger charge is 2.22. The number of carbonyl (C=O) groups is 1. The molecule has 0 saturated heterocycles. The molecule has 0 bridgehead atoms. The van der Waals surface area contributed by atoms with E-state index in [1.807, 2.05) is 18.2 Å². The molecule has 5 nitrogen and oxygen atoms in total. The summed E-state index contributed by atoms with van der Waals surface area (Å²) in [5.74, 6) is -1.18. The molecule has 19 heavy (non-hydrogen) atoms. The Morgan fingerprint density at radius 2 is 2.21 bits per heavy atom. The van der Waals surface area contributed by atoms with E-state index in [1.165, 1.54) is 0 Å². The van der Waals surface area contributed by atoms with E-state index in [0.29, 0.717) is 6.54 Å². The second-order valence-corrected chi connectivity index (χ2v) is 4.83. The standard InChI is InChI=1S/C14H14N2O3/c15-11(14(18)19)10-7-9-4-1-3-8-5-2-6-16(12(8)9)13(10)17/h1,3-4,7,11H,2,5-6,15H2,(H,18,19)/t11-/m0/s1. The smallest absolute Gasteiger partial charge is 0.325 e. The minimum absolute atomic E-state index is 0.152. The highest BCUT2D eigenvalue weighted by Crippen LogP contribution is 2.25. The summed E-state index contributed by atoms with van der Waals surface area (Å²) in [6.07, 6.45) is 1.83. The molecular formula is C14H14N2O3. The van der Waals surface area contributed by atoms with Crippen LogP contribution in [-0.2, 0) is 17.8 Å². The number of pyridine rings is 1. The number of rotatable bonds is 2. The van der Waals surface area contributed by atoms with Crippen molar-refractivity contribution < 1.29 is 9.90 Å². The van der Waals surface area contributed by atoms with Crippen LogP contribution in [0.2, 0.25) is 0 Å². The molecule has 1 aromatic heterocycles. The van der Waals surface area contributed by atoms with E-state index >= 15 is 0 Å². The van der Waals surface area contributed by atoms with Crippen LogP contribution in [0.5, 0.6) is 0 Å². The molecule has 0 spiro atoms. The van der Waals surface area contributed by atoms with Crippen LogP contribution in [0.3, 0.4) is 0 Å². The lowest BCUT2D eigenvalue weighted by Gasteiger charge is -2.21. The predicted octanol–water partition coefficient (Wildman–Crippen LogP) is 1.03. The van der Waals surface area contributed by atoms with E-state index in [0.717, 1.165) is 29.3 Å². The lowest BCUT2D eigenvalue weighted by molar-refractivity contribution is -0.138. The van der Waals surface area contributed by atoms with Gasteiger partial charge in [0.15, 0.2) is 0 Å². The second kappa shape index (κ2) is 4.20. The molecule has 0 aliphatic carbocycles. The fourth-order valence-electron chi connectivity index (χ4n) is 2.74. The largest absolute Gasteiger partial charge is 0.480 e. The van der Waals surface area contributed by atoms with E-state index in [1.54, 1.807) is 10.6 Å². The lowest BCUT2D eigenvalue weighted by Crippen LogP contribution is -2.33. The number of aryl methyl sites for hydroxylation is 2. The molecule has 0 radical (unpaired) electrons. The van der Waals surface area contributed by atoms with Gasteiger partial charge >= 0.3 is 5.97 Å². The monoisotopic (exact) mass is 258 g/mol. The van der Waals surface area contributed by atoms with Crippen LogP contribution in [-0.4, -0.2) is 15.6 Å². The van der Waals surface area contributed by atoms with Crippen LogP contribution in [0.4, 0.5) is 0 Å². The third kappa shape index (κ3) is 1.74. The normalized spacial score (nSPS) is 15.4. The van der Waals surface area contributed by atoms with Crippen LogP contribution in [0.25, 0.3) is 10.9 Å². The van der Waals surface area contributed by atoms with Gasteiger partial charge < -0.3 is 15.4 Å². The first-order chi connectivity index (χ1) is 9.09. The first kappa shape index (κ1) is 11.9. The average molecular weight is 258 g/mol. The number of aromatic nitrogens is 1. The Kier molecular flexibility index (Phi) is 2.64. The zero-order valence-corrected chi connectivity index (χ0v) is 10.3. The van der Waals surface area contributed by atoms with Crippen molar-refractivity contribution >= 4 is 16.9 Å². The molecule has 2 aromatic rings. The van der Waals surface area contributed by atoms with Crippen molar-refractivity contribution in [2.24, 2.45) is 5.73 Å². The van der Waals surface area contributed by atoms with Gasteiger partial charge in [-0.1, -0.05) is 18.2 Å². The first-order valence-corrected chi connectivity index (χ1v) is 6.23. The number of aliphatic carboxylic acids is 1. The van der Waals surface area contributed by atoms with Crippen molar-refractivity contribution in [3.05, 3.63) is 45.7 Å². The van der Waals surface area contributed by atoms with E-state index in [-0.39, 0.29) is 11.1 Å². The van der Waals surface area contributed by atoms with Gasteiger partial charge in [0.1, 0.15) is 6.04 Å². The number of benzene rings is 1. The Bertz CT molecular complexity index is 733. The fourth-order valence-corrected chi connectivity index (χ4v) is 2.74. The Hall–Kier alpha value is -2.14. The summed E-state index contributed by atoms with van der Waals surface area (Å²) >= 11 is 0. The van der Waals surface area contributed by atoms with Crippen LogP contribution >= 0.6 is 0 Å². The zero-order valence-electron chi connectivity index (χ0n) is 10.3. The summed E-state index contributed by atoms with van der Waals surface area (Å²) in [6.45, 7) is 0.618. The van der Waals surface area contributed by atoms with Crippen molar-refractivity contribution in [3.8, 4) is 0 Å². The van der Waals surface area contributed by atoms with Gasteiger partial charge in [-0.15, -0.1) is 0 Å². The topological polar surface area (TPSA) is 85.3 Å². The maximum atomic E-state index is 12.4. The minimum atomic E-state index is -1.27. The summed E-state index contributed by atoms with van der Waals surface area (Å²) in [7, 11) is 0. The van der Waals surface area contributed by atoms with Crippen molar-refractivity contribution in [2.75, 3.05) is 0 Å². The number of para-hydroxylation sites is 1. The highest BCUT2D eigenvalue weighted by atomic mass is 16.4. The van der Waals surface area contributed by atoms with E-state index in [2.05, 4.69) is 0 Å². The molecule has 2 heterocycles. The van der Waals surface area contributed by atoms with E-state index < -0.39 is 12.0 Å². The maximum Gasteiger partial charge on any atom is 0.325 e. The third-order valence-electron chi connectivity index (χ3n) is 3.65. The maximum absolute atomic E-state index is 12.4. The van der Waals surface area contributed by atoms with Gasteiger partial charge in [-0.25, -0.2) is 0 Å². The molecule has 1 aliphatic heterocycles. The molecule has 0 amide bonds. The number of carboxylic acid groups (broad SMARTS) is 1. The molecule has 0 saturated carbocycles. The molecule has 3 rings (SSSR count). The summed E-state index contributed by atoms with van der Waals surface area (Å²) in [6, 6.07) is 6.16. The first-order valence-electron chi connectivity index (χ1n) is 6.23. The van der Waals surface area contributed by atoms with Gasteiger partial charge in [-0.2, -0.15) is 0 Å². The van der Waals surface area contributed by atoms with E-state index in [9.17, 15) is 9.59 Å². The molecular weight excluding hydrogens is 244 g/mol. The molecule has 1 aromatic carbocycles. The molecule has 0 unspecified atom stereocenters. The molecule has 5 heteroatoms. The van der Waals surface area contributed by atoms with Gasteiger partial charge in [0, 0.05) is 12.1 Å². The summed E-state index contributed by atoms with van der Waals surface area (Å²) in [5.41, 5.74) is 7.52. The Morgan fingerprint density at radius 1 is 1.42 bits per heavy atom. The average Bonchev–Trinajstić information content (AvgIpc) is 2.42. The number of nitrogens with two attached hydrogens (primary N) is 1. The highest BCUT2D eigenvalue weighted by molar-refractivity contribution is 5.85. The number of hydrogen-bond donors (Lipinski definition) is 2. The molecule has 1 aliphatic rings. The quantitative estimate of drug-likeness (QED) is 0.842. The summed E-state index contributed by atoms with van der Waals surface area (Å²) in [5, 5.41) is 9.87. The number of nitrogens with zero attached hydrogens (tertiary/aromatic N) is 1. The number of carboxylic acids is 1. The van der Waals surface area contributed by atoms with Gasteiger partial charge in [0.2, 0.25) is 0 Å². The minimum Gasteiger partial charge on any atom is -0.480 e. The zero-order chi connectivity index (χ0) is 13.6. The molecule has 3 N–H and O–H groups in total. The van der Waals surface area contributed by atoms with Gasteiger partial charge in [-0.05, 0) is 29.9 Å². The molecule has 1 atom stereocenters. The van der Waals surface area contributed by atoms with Gasteiger partial charge in [0.05, 0.1) is 5.52 Å². The molecule has 98 valence electrons. The van der Waals surface area contributed by atoms with Crippen molar-refractivity contribution in [2.45, 2.75) is 25.4 Å². The second-order valence-electron chi connectivity index (χ2n) is 4.83. The van der Waals surface area contributed by atoms with Gasteiger partial charge in [-0.3, -0.25) is 9.59 Å². The molecule has 0 fully saturated rings. The van der Waals surface area contributed by atoms with Gasteiger partial charge in [0.25, 0.3) is 5.56 Å². The lowest BCUT2D eigenvalue weighted by atomic mass is 9.98. The van der Waals surface area contributed by atoms with Crippen LogP contribution < -0.4 is 11.3 Å². The summed E-state index contributed by atoms with van der Waals surface area (Å²) in [4.78, 5) is 23.4. The third-order valence-corrected chi connectivity index (χ3v) is 3.65. The van der Waals surface area contributed by atoms with Crippen LogP contribution in [0.15, 0.2) is 29.1 Å². The van der Waals surface area contributed by atoms with Crippen LogP contribution in [0, 0.1) is 0 Å². The Labute approximate surface area is 109 Å². The van der Waals surface area contributed by atoms with Crippen LogP contribution in [0.1, 0.15) is 23.6 Å². The summed E-state index contributed by atoms with van der Waals surface area (Å²) < 4.78 is 1.66. The Balaban J connectivity index is 2.37. The SMILES string of the molecule is N[C@H](C(=O)O)c1cc2cccc3c2n(c1=O)CCC3. The van der Waals surface area contributed by atoms with Crippen molar-refractivity contribution in [1.29, 1.82) is 0 Å². The fraction of sp³-hybridized carbons (Fsp3) is 0.286. The predicted molar refractivity (Wildman–Crippen MR) is 71.1 cm³/mol. The Morgan fingerprint density at radius 3 is 2.95 bits per heavy atom.